The van der Waals surface area contributed by atoms with Crippen molar-refractivity contribution in [2.45, 2.75) is 0 Å². The van der Waals surface area contributed by atoms with Crippen LogP contribution in [-0.2, 0) is 0 Å². The molecule has 100 valence electrons. The number of rotatable bonds is 3. The van der Waals surface area contributed by atoms with Gasteiger partial charge in [-0.2, -0.15) is 4.68 Å². The SMILES string of the molecule is CN(c1ccccc1)c1nn(-c2ccccc2)c(=O)o1. The summed E-state index contributed by atoms with van der Waals surface area (Å²) >= 11 is 0. The van der Waals surface area contributed by atoms with E-state index in [0.29, 0.717) is 5.69 Å². The Balaban J connectivity index is 2.00. The van der Waals surface area contributed by atoms with E-state index < -0.39 is 5.76 Å². The first kappa shape index (κ1) is 12.2. The van der Waals surface area contributed by atoms with Gasteiger partial charge in [0.25, 0.3) is 0 Å². The number of aromatic nitrogens is 2. The maximum atomic E-state index is 11.9. The second-order valence-corrected chi connectivity index (χ2v) is 4.29. The van der Waals surface area contributed by atoms with Gasteiger partial charge in [0.1, 0.15) is 0 Å². The van der Waals surface area contributed by atoms with Crippen molar-refractivity contribution < 1.29 is 4.42 Å². The Morgan fingerprint density at radius 1 is 1.00 bits per heavy atom. The molecule has 0 saturated heterocycles. The van der Waals surface area contributed by atoms with E-state index in [-0.39, 0.29) is 6.01 Å². The number of para-hydroxylation sites is 2. The molecular formula is C15H13N3O2. The fraction of sp³-hybridized carbons (Fsp3) is 0.0667. The van der Waals surface area contributed by atoms with Gasteiger partial charge >= 0.3 is 11.8 Å². The van der Waals surface area contributed by atoms with Gasteiger partial charge in [-0.25, -0.2) is 4.79 Å². The van der Waals surface area contributed by atoms with Crippen LogP contribution in [0.15, 0.2) is 69.9 Å². The molecule has 0 aliphatic rings. The first-order valence-electron chi connectivity index (χ1n) is 6.20. The van der Waals surface area contributed by atoms with Crippen LogP contribution in [0.25, 0.3) is 5.69 Å². The van der Waals surface area contributed by atoms with Gasteiger partial charge in [0.15, 0.2) is 0 Å². The van der Waals surface area contributed by atoms with Crippen LogP contribution in [0, 0.1) is 0 Å². The molecule has 0 unspecified atom stereocenters. The van der Waals surface area contributed by atoms with Crippen molar-refractivity contribution in [1.82, 2.24) is 9.78 Å². The maximum absolute atomic E-state index is 11.9. The van der Waals surface area contributed by atoms with Crippen LogP contribution in [0.4, 0.5) is 11.7 Å². The van der Waals surface area contributed by atoms with Gasteiger partial charge in [0.2, 0.25) is 0 Å². The molecule has 0 spiro atoms. The van der Waals surface area contributed by atoms with E-state index in [1.165, 1.54) is 4.68 Å². The molecular weight excluding hydrogens is 254 g/mol. The summed E-state index contributed by atoms with van der Waals surface area (Å²) in [5.74, 6) is -0.506. The van der Waals surface area contributed by atoms with Crippen molar-refractivity contribution >= 4 is 11.7 Å². The highest BCUT2D eigenvalue weighted by atomic mass is 16.4. The highest BCUT2D eigenvalue weighted by molar-refractivity contribution is 5.54. The Bertz CT molecular complexity index is 748. The number of hydrogen-bond acceptors (Lipinski definition) is 4. The van der Waals surface area contributed by atoms with Crippen LogP contribution in [0.3, 0.4) is 0 Å². The summed E-state index contributed by atoms with van der Waals surface area (Å²) in [6, 6.07) is 19.0. The van der Waals surface area contributed by atoms with Gasteiger partial charge in [0.05, 0.1) is 5.69 Å². The predicted molar refractivity (Wildman–Crippen MR) is 76.6 cm³/mol. The molecule has 2 aromatic carbocycles. The van der Waals surface area contributed by atoms with Gasteiger partial charge in [-0.15, -0.1) is 5.10 Å². The van der Waals surface area contributed by atoms with Crippen LogP contribution < -0.4 is 10.7 Å². The van der Waals surface area contributed by atoms with Crippen LogP contribution in [0.1, 0.15) is 0 Å². The third kappa shape index (κ3) is 2.21. The van der Waals surface area contributed by atoms with E-state index in [4.69, 9.17) is 4.42 Å². The molecule has 0 bridgehead atoms. The summed E-state index contributed by atoms with van der Waals surface area (Å²) in [6.45, 7) is 0. The minimum atomic E-state index is -0.506. The minimum Gasteiger partial charge on any atom is -0.372 e. The minimum absolute atomic E-state index is 0.255. The summed E-state index contributed by atoms with van der Waals surface area (Å²) in [6.07, 6.45) is 0. The average molecular weight is 267 g/mol. The van der Waals surface area contributed by atoms with Crippen molar-refractivity contribution in [1.29, 1.82) is 0 Å². The fourth-order valence-electron chi connectivity index (χ4n) is 1.90. The lowest BCUT2D eigenvalue weighted by Gasteiger charge is -2.12. The highest BCUT2D eigenvalue weighted by Crippen LogP contribution is 2.20. The standard InChI is InChI=1S/C15H13N3O2/c1-17(12-8-4-2-5-9-12)14-16-18(15(19)20-14)13-10-6-3-7-11-13/h2-11H,1H3. The molecule has 0 amide bonds. The molecule has 3 rings (SSSR count). The van der Waals surface area contributed by atoms with Crippen molar-refractivity contribution in [2.24, 2.45) is 0 Å². The Labute approximate surface area is 115 Å². The molecule has 5 nitrogen and oxygen atoms in total. The van der Waals surface area contributed by atoms with E-state index in [1.807, 2.05) is 48.5 Å². The normalized spacial score (nSPS) is 10.4. The van der Waals surface area contributed by atoms with E-state index in [1.54, 1.807) is 24.1 Å². The molecule has 0 saturated carbocycles. The number of benzene rings is 2. The van der Waals surface area contributed by atoms with E-state index in [2.05, 4.69) is 5.10 Å². The first-order valence-corrected chi connectivity index (χ1v) is 6.20. The van der Waals surface area contributed by atoms with Gasteiger partial charge < -0.3 is 4.42 Å². The maximum Gasteiger partial charge on any atom is 0.443 e. The molecule has 3 aromatic rings. The quantitative estimate of drug-likeness (QED) is 0.732. The zero-order valence-corrected chi connectivity index (χ0v) is 10.9. The van der Waals surface area contributed by atoms with E-state index in [9.17, 15) is 4.79 Å². The summed E-state index contributed by atoms with van der Waals surface area (Å²) in [4.78, 5) is 13.6. The molecule has 0 atom stereocenters. The molecule has 20 heavy (non-hydrogen) atoms. The third-order valence-electron chi connectivity index (χ3n) is 2.97. The lowest BCUT2D eigenvalue weighted by Crippen LogP contribution is -2.13. The van der Waals surface area contributed by atoms with Crippen molar-refractivity contribution in [3.8, 4) is 5.69 Å². The molecule has 0 aliphatic heterocycles. The zero-order chi connectivity index (χ0) is 13.9. The Hall–Kier alpha value is -2.82. The molecule has 1 aromatic heterocycles. The average Bonchev–Trinajstić information content (AvgIpc) is 2.90. The molecule has 0 fully saturated rings. The number of anilines is 2. The lowest BCUT2D eigenvalue weighted by atomic mass is 10.3. The molecule has 1 heterocycles. The molecule has 0 radical (unpaired) electrons. The topological polar surface area (TPSA) is 51.3 Å². The van der Waals surface area contributed by atoms with Crippen molar-refractivity contribution in [3.63, 3.8) is 0 Å². The smallest absolute Gasteiger partial charge is 0.372 e. The van der Waals surface area contributed by atoms with Crippen molar-refractivity contribution in [2.75, 3.05) is 11.9 Å². The molecule has 5 heteroatoms. The monoisotopic (exact) mass is 267 g/mol. The summed E-state index contributed by atoms with van der Waals surface area (Å²) < 4.78 is 6.45. The zero-order valence-electron chi connectivity index (χ0n) is 10.9. The van der Waals surface area contributed by atoms with Crippen molar-refractivity contribution in [3.05, 3.63) is 71.2 Å². The predicted octanol–water partition coefficient (Wildman–Crippen LogP) is 2.59. The number of hydrogen-bond donors (Lipinski definition) is 0. The second-order valence-electron chi connectivity index (χ2n) is 4.29. The third-order valence-corrected chi connectivity index (χ3v) is 2.97. The lowest BCUT2D eigenvalue weighted by molar-refractivity contribution is 0.508. The van der Waals surface area contributed by atoms with Gasteiger partial charge in [-0.05, 0) is 24.3 Å². The Morgan fingerprint density at radius 2 is 1.60 bits per heavy atom. The van der Waals surface area contributed by atoms with E-state index >= 15 is 0 Å². The van der Waals surface area contributed by atoms with Gasteiger partial charge in [-0.3, -0.25) is 4.90 Å². The Morgan fingerprint density at radius 3 is 2.25 bits per heavy atom. The molecule has 0 N–H and O–H groups in total. The van der Waals surface area contributed by atoms with Crippen LogP contribution >= 0.6 is 0 Å². The van der Waals surface area contributed by atoms with Gasteiger partial charge in [-0.1, -0.05) is 36.4 Å². The summed E-state index contributed by atoms with van der Waals surface area (Å²) in [5, 5.41) is 4.22. The molecule has 0 aliphatic carbocycles. The first-order chi connectivity index (χ1) is 9.75. The summed E-state index contributed by atoms with van der Waals surface area (Å²) in [7, 11) is 1.80. The fourth-order valence-corrected chi connectivity index (χ4v) is 1.90. The highest BCUT2D eigenvalue weighted by Gasteiger charge is 2.14. The summed E-state index contributed by atoms with van der Waals surface area (Å²) in [5.41, 5.74) is 1.57. The van der Waals surface area contributed by atoms with Crippen LogP contribution in [-0.4, -0.2) is 16.8 Å². The van der Waals surface area contributed by atoms with Crippen LogP contribution in [0.2, 0.25) is 0 Å². The van der Waals surface area contributed by atoms with Gasteiger partial charge in [0, 0.05) is 12.7 Å². The largest absolute Gasteiger partial charge is 0.443 e. The number of nitrogens with zero attached hydrogens (tertiary/aromatic N) is 3. The second kappa shape index (κ2) is 5.05. The van der Waals surface area contributed by atoms with E-state index in [0.717, 1.165) is 5.69 Å². The van der Waals surface area contributed by atoms with Crippen LogP contribution in [0.5, 0.6) is 0 Å². The Kier molecular flexibility index (Phi) is 3.09.